The smallest absolute Gasteiger partial charge is 0.318 e. The molecule has 0 N–H and O–H groups in total. The third-order valence-electron chi connectivity index (χ3n) is 1.00. The van der Waals surface area contributed by atoms with Gasteiger partial charge in [-0.05, 0) is 0 Å². The minimum absolute atomic E-state index is 0.271. The van der Waals surface area contributed by atoms with Crippen molar-refractivity contribution in [2.45, 2.75) is 12.8 Å². The lowest BCUT2D eigenvalue weighted by Crippen LogP contribution is -1.96. The summed E-state index contributed by atoms with van der Waals surface area (Å²) in [4.78, 5) is 14.7. The van der Waals surface area contributed by atoms with Gasteiger partial charge in [0.15, 0.2) is 0 Å². The molecule has 0 aromatic rings. The van der Waals surface area contributed by atoms with Crippen LogP contribution in [0.2, 0.25) is 0 Å². The van der Waals surface area contributed by atoms with Gasteiger partial charge in [0, 0.05) is 6.42 Å². The molecule has 48 valence electrons. The molecular formula is C6H7NO2. The van der Waals surface area contributed by atoms with Crippen LogP contribution in [0.4, 0.5) is 0 Å². The van der Waals surface area contributed by atoms with Gasteiger partial charge in [-0.2, -0.15) is 0 Å². The van der Waals surface area contributed by atoms with Crippen LogP contribution in [0.15, 0.2) is 17.8 Å². The first-order valence-corrected chi connectivity index (χ1v) is 2.69. The van der Waals surface area contributed by atoms with Gasteiger partial charge in [0.25, 0.3) is 0 Å². The Morgan fingerprint density at radius 3 is 3.11 bits per heavy atom. The summed E-state index contributed by atoms with van der Waals surface area (Å²) in [6.07, 6.45) is 2.67. The second-order valence-electron chi connectivity index (χ2n) is 1.79. The van der Waals surface area contributed by atoms with Gasteiger partial charge < -0.3 is 4.84 Å². The Bertz CT molecular complexity index is 172. The van der Waals surface area contributed by atoms with Gasteiger partial charge in [0.05, 0.1) is 12.1 Å². The van der Waals surface area contributed by atoms with Crippen LogP contribution in [0.25, 0.3) is 0 Å². The second kappa shape index (κ2) is 2.44. The van der Waals surface area contributed by atoms with Crippen molar-refractivity contribution in [1.82, 2.24) is 0 Å². The Morgan fingerprint density at radius 2 is 2.67 bits per heavy atom. The van der Waals surface area contributed by atoms with Gasteiger partial charge in [0.2, 0.25) is 0 Å². The van der Waals surface area contributed by atoms with Crippen LogP contribution in [-0.2, 0) is 9.63 Å². The number of hydrogen-bond donors (Lipinski definition) is 0. The van der Waals surface area contributed by atoms with Crippen LogP contribution in [0.3, 0.4) is 0 Å². The van der Waals surface area contributed by atoms with Crippen LogP contribution in [0, 0.1) is 0 Å². The molecule has 1 aliphatic rings. The number of hydrogen-bond acceptors (Lipinski definition) is 3. The second-order valence-corrected chi connectivity index (χ2v) is 1.79. The van der Waals surface area contributed by atoms with Crippen molar-refractivity contribution in [2.75, 3.05) is 0 Å². The van der Waals surface area contributed by atoms with Crippen molar-refractivity contribution in [2.24, 2.45) is 5.16 Å². The van der Waals surface area contributed by atoms with Crippen LogP contribution in [0.1, 0.15) is 12.8 Å². The quantitative estimate of drug-likeness (QED) is 0.405. The SMILES string of the molecule is C=CCC1=NOC(=O)C1. The standard InChI is InChI=1S/C6H7NO2/c1-2-3-5-4-6(8)9-7-5/h2H,1,3-4H2. The van der Waals surface area contributed by atoms with E-state index >= 15 is 0 Å². The summed E-state index contributed by atoms with van der Waals surface area (Å²) in [7, 11) is 0. The number of oxime groups is 1. The van der Waals surface area contributed by atoms with Gasteiger partial charge >= 0.3 is 5.97 Å². The van der Waals surface area contributed by atoms with Crippen molar-refractivity contribution in [3.8, 4) is 0 Å². The Kier molecular flexibility index (Phi) is 1.63. The molecule has 0 amide bonds. The molecule has 0 aliphatic carbocycles. The first-order valence-electron chi connectivity index (χ1n) is 2.69. The average Bonchev–Trinajstić information content (AvgIpc) is 2.17. The Labute approximate surface area is 53.0 Å². The van der Waals surface area contributed by atoms with Gasteiger partial charge in [-0.25, -0.2) is 4.79 Å². The molecule has 9 heavy (non-hydrogen) atoms. The maximum absolute atomic E-state index is 10.4. The zero-order chi connectivity index (χ0) is 6.69. The van der Waals surface area contributed by atoms with Crippen LogP contribution in [0.5, 0.6) is 0 Å². The lowest BCUT2D eigenvalue weighted by Gasteiger charge is -1.82. The van der Waals surface area contributed by atoms with E-state index in [4.69, 9.17) is 0 Å². The first-order chi connectivity index (χ1) is 4.33. The summed E-state index contributed by atoms with van der Waals surface area (Å²) in [5, 5.41) is 3.50. The number of carbonyl (C=O) groups excluding carboxylic acids is 1. The molecule has 0 bridgehead atoms. The van der Waals surface area contributed by atoms with Crippen molar-refractivity contribution < 1.29 is 9.63 Å². The van der Waals surface area contributed by atoms with E-state index in [0.717, 1.165) is 5.71 Å². The highest BCUT2D eigenvalue weighted by Gasteiger charge is 2.14. The molecular weight excluding hydrogens is 118 g/mol. The minimum atomic E-state index is -0.271. The normalized spacial score (nSPS) is 16.9. The van der Waals surface area contributed by atoms with E-state index in [9.17, 15) is 4.79 Å². The summed E-state index contributed by atoms with van der Waals surface area (Å²) in [5.41, 5.74) is 0.759. The van der Waals surface area contributed by atoms with Crippen molar-refractivity contribution in [1.29, 1.82) is 0 Å². The topological polar surface area (TPSA) is 38.7 Å². The first kappa shape index (κ1) is 6.01. The molecule has 0 unspecified atom stereocenters. The summed E-state index contributed by atoms with van der Waals surface area (Å²) >= 11 is 0. The number of rotatable bonds is 2. The zero-order valence-corrected chi connectivity index (χ0v) is 4.96. The predicted molar refractivity (Wildman–Crippen MR) is 33.0 cm³/mol. The van der Waals surface area contributed by atoms with E-state index in [1.807, 2.05) is 0 Å². The largest absolute Gasteiger partial charge is 0.340 e. The highest BCUT2D eigenvalue weighted by Crippen LogP contribution is 2.04. The Hall–Kier alpha value is -1.12. The Morgan fingerprint density at radius 1 is 1.89 bits per heavy atom. The molecule has 0 aromatic carbocycles. The van der Waals surface area contributed by atoms with Crippen molar-refractivity contribution in [3.05, 3.63) is 12.7 Å². The third-order valence-corrected chi connectivity index (χ3v) is 1.00. The summed E-state index contributed by atoms with van der Waals surface area (Å²) in [6, 6.07) is 0. The van der Waals surface area contributed by atoms with Gasteiger partial charge in [-0.15, -0.1) is 6.58 Å². The molecule has 0 saturated heterocycles. The fraction of sp³-hybridized carbons (Fsp3) is 0.333. The molecule has 0 spiro atoms. The molecule has 0 aromatic heterocycles. The summed E-state index contributed by atoms with van der Waals surface area (Å²) < 4.78 is 0. The van der Waals surface area contributed by atoms with E-state index < -0.39 is 0 Å². The monoisotopic (exact) mass is 125 g/mol. The van der Waals surface area contributed by atoms with E-state index in [0.29, 0.717) is 12.8 Å². The fourth-order valence-corrected chi connectivity index (χ4v) is 0.623. The lowest BCUT2D eigenvalue weighted by molar-refractivity contribution is -0.140. The van der Waals surface area contributed by atoms with Crippen LogP contribution in [-0.4, -0.2) is 11.7 Å². The minimum Gasteiger partial charge on any atom is -0.318 e. The van der Waals surface area contributed by atoms with E-state index in [-0.39, 0.29) is 5.97 Å². The fourth-order valence-electron chi connectivity index (χ4n) is 0.623. The molecule has 1 rings (SSSR count). The van der Waals surface area contributed by atoms with Crippen LogP contribution < -0.4 is 0 Å². The molecule has 1 aliphatic heterocycles. The van der Waals surface area contributed by atoms with E-state index in [2.05, 4.69) is 16.6 Å². The molecule has 3 heteroatoms. The predicted octanol–water partition coefficient (Wildman–Crippen LogP) is 0.865. The average molecular weight is 125 g/mol. The molecule has 0 atom stereocenters. The maximum atomic E-state index is 10.4. The van der Waals surface area contributed by atoms with Gasteiger partial charge in [0.1, 0.15) is 0 Å². The Balaban J connectivity index is 2.44. The van der Waals surface area contributed by atoms with Gasteiger partial charge in [-0.3, -0.25) is 0 Å². The van der Waals surface area contributed by atoms with Crippen LogP contribution >= 0.6 is 0 Å². The van der Waals surface area contributed by atoms with Gasteiger partial charge in [-0.1, -0.05) is 11.2 Å². The number of carbonyl (C=O) groups is 1. The summed E-state index contributed by atoms with van der Waals surface area (Å²) in [5.74, 6) is -0.271. The molecule has 3 nitrogen and oxygen atoms in total. The van der Waals surface area contributed by atoms with Crippen molar-refractivity contribution in [3.63, 3.8) is 0 Å². The van der Waals surface area contributed by atoms with E-state index in [1.165, 1.54) is 0 Å². The highest BCUT2D eigenvalue weighted by molar-refractivity contribution is 6.02. The summed E-state index contributed by atoms with van der Waals surface area (Å²) in [6.45, 7) is 3.50. The van der Waals surface area contributed by atoms with E-state index in [1.54, 1.807) is 6.08 Å². The zero-order valence-electron chi connectivity index (χ0n) is 4.96. The molecule has 0 radical (unpaired) electrons. The number of allylic oxidation sites excluding steroid dienone is 1. The maximum Gasteiger partial charge on any atom is 0.340 e. The third kappa shape index (κ3) is 1.38. The molecule has 0 saturated carbocycles. The van der Waals surface area contributed by atoms with Crippen molar-refractivity contribution >= 4 is 11.7 Å². The molecule has 1 heterocycles. The lowest BCUT2D eigenvalue weighted by atomic mass is 10.2. The molecule has 0 fully saturated rings. The highest BCUT2D eigenvalue weighted by atomic mass is 16.7. The number of nitrogens with zero attached hydrogens (tertiary/aromatic N) is 1.